The Balaban J connectivity index is 1.39. The summed E-state index contributed by atoms with van der Waals surface area (Å²) < 4.78 is 36.0. The summed E-state index contributed by atoms with van der Waals surface area (Å²) in [5, 5.41) is 2.14. The molecule has 37 heavy (non-hydrogen) atoms. The van der Waals surface area contributed by atoms with Gasteiger partial charge in [-0.1, -0.05) is 61.5 Å². The lowest BCUT2D eigenvalue weighted by Gasteiger charge is -2.38. The highest BCUT2D eigenvalue weighted by Crippen LogP contribution is 2.38. The number of nitrogens with one attached hydrogen (secondary N) is 1. The summed E-state index contributed by atoms with van der Waals surface area (Å²) in [6.07, 6.45) is 3.80. The largest absolute Gasteiger partial charge is 0.473 e. The zero-order valence-electron chi connectivity index (χ0n) is 21.3. The van der Waals surface area contributed by atoms with Crippen LogP contribution in [0.3, 0.4) is 0 Å². The molecule has 192 valence electrons. The Bertz CT molecular complexity index is 1490. The molecule has 3 heterocycles. The number of sulfonamides is 1. The maximum Gasteiger partial charge on any atom is 0.259 e. The molecule has 7 nitrogen and oxygen atoms in total. The third kappa shape index (κ3) is 5.51. The van der Waals surface area contributed by atoms with Gasteiger partial charge in [0.1, 0.15) is 12.8 Å². The van der Waals surface area contributed by atoms with Crippen LogP contribution in [0.1, 0.15) is 44.5 Å². The molecule has 8 heteroatoms. The van der Waals surface area contributed by atoms with Gasteiger partial charge in [-0.25, -0.2) is 13.4 Å². The first kappa shape index (κ1) is 25.3. The molecule has 0 bridgehead atoms. The van der Waals surface area contributed by atoms with E-state index in [-0.39, 0.29) is 23.1 Å². The SMILES string of the molecule is CC1CN(C(NS(=O)(=O)c2cccc(OCc3cccc4ccccc34)n2)c2cccnc2)C(C)(C)C1. The van der Waals surface area contributed by atoms with Crippen molar-refractivity contribution in [1.29, 1.82) is 0 Å². The van der Waals surface area contributed by atoms with Crippen molar-refractivity contribution in [3.63, 3.8) is 0 Å². The molecule has 2 aromatic heterocycles. The van der Waals surface area contributed by atoms with E-state index in [1.54, 1.807) is 24.5 Å². The third-order valence-electron chi connectivity index (χ3n) is 6.94. The van der Waals surface area contributed by atoms with Gasteiger partial charge >= 0.3 is 0 Å². The van der Waals surface area contributed by atoms with Gasteiger partial charge in [0.05, 0.1) is 0 Å². The normalized spacial score (nSPS) is 18.6. The standard InChI is InChI=1S/C29H32N4O3S/c1-21-17-29(2,3)33(19-21)28(23-12-8-16-30-18-23)32-37(34,35)27-15-7-14-26(31-27)36-20-24-11-6-10-22-9-4-5-13-25(22)24/h4-16,18,21,28,32H,17,19-20H2,1-3H3. The van der Waals surface area contributed by atoms with E-state index in [9.17, 15) is 8.42 Å². The van der Waals surface area contributed by atoms with Crippen molar-refractivity contribution in [3.05, 3.63) is 96.3 Å². The molecule has 0 aliphatic carbocycles. The second-order valence-corrected chi connectivity index (χ2v) is 12.0. The quantitative estimate of drug-likeness (QED) is 0.342. The molecule has 5 rings (SSSR count). The maximum absolute atomic E-state index is 13.6. The van der Waals surface area contributed by atoms with Crippen LogP contribution in [0.25, 0.3) is 10.8 Å². The minimum absolute atomic E-state index is 0.0816. The molecule has 1 saturated heterocycles. The van der Waals surface area contributed by atoms with Crippen LogP contribution in [0, 0.1) is 5.92 Å². The molecule has 1 fully saturated rings. The number of likely N-dealkylation sites (tertiary alicyclic amines) is 1. The maximum atomic E-state index is 13.6. The van der Waals surface area contributed by atoms with Gasteiger partial charge in [0.2, 0.25) is 5.88 Å². The summed E-state index contributed by atoms with van der Waals surface area (Å²) in [5.74, 6) is 0.700. The Morgan fingerprint density at radius 3 is 2.59 bits per heavy atom. The first-order valence-electron chi connectivity index (χ1n) is 12.5. The van der Waals surface area contributed by atoms with E-state index >= 15 is 0 Å². The minimum atomic E-state index is -3.96. The van der Waals surface area contributed by atoms with E-state index in [1.165, 1.54) is 6.07 Å². The molecule has 0 saturated carbocycles. The first-order valence-corrected chi connectivity index (χ1v) is 14.0. The number of aromatic nitrogens is 2. The molecule has 0 amide bonds. The van der Waals surface area contributed by atoms with Gasteiger partial charge in [-0.05, 0) is 54.7 Å². The Kier molecular flexibility index (Phi) is 6.98. The molecule has 2 unspecified atom stereocenters. The molecule has 0 spiro atoms. The highest BCUT2D eigenvalue weighted by Gasteiger charge is 2.42. The summed E-state index contributed by atoms with van der Waals surface area (Å²) in [6, 6.07) is 22.7. The van der Waals surface area contributed by atoms with Crippen LogP contribution in [0.2, 0.25) is 0 Å². The second-order valence-electron chi connectivity index (χ2n) is 10.3. The van der Waals surface area contributed by atoms with Gasteiger partial charge in [-0.2, -0.15) is 4.72 Å². The Labute approximate surface area is 218 Å². The van der Waals surface area contributed by atoms with E-state index in [4.69, 9.17) is 4.74 Å². The van der Waals surface area contributed by atoms with Crippen LogP contribution in [0.15, 0.2) is 90.2 Å². The number of rotatable bonds is 8. The van der Waals surface area contributed by atoms with Crippen molar-refractivity contribution in [2.75, 3.05) is 6.54 Å². The topological polar surface area (TPSA) is 84.4 Å². The average molecular weight is 517 g/mol. The fraction of sp³-hybridized carbons (Fsp3) is 0.310. The van der Waals surface area contributed by atoms with Crippen LogP contribution in [-0.4, -0.2) is 35.4 Å². The van der Waals surface area contributed by atoms with E-state index in [0.29, 0.717) is 5.92 Å². The number of ether oxygens (including phenoxy) is 1. The summed E-state index contributed by atoms with van der Waals surface area (Å²) in [5.41, 5.74) is 1.61. The van der Waals surface area contributed by atoms with Gasteiger partial charge in [-0.15, -0.1) is 0 Å². The van der Waals surface area contributed by atoms with E-state index in [2.05, 4.69) is 52.5 Å². The zero-order chi connectivity index (χ0) is 26.0. The first-order chi connectivity index (χ1) is 17.7. The van der Waals surface area contributed by atoms with Crippen molar-refractivity contribution in [1.82, 2.24) is 19.6 Å². The monoisotopic (exact) mass is 516 g/mol. The van der Waals surface area contributed by atoms with Gasteiger partial charge in [0.25, 0.3) is 10.0 Å². The number of fused-ring (bicyclic) bond motifs is 1. The van der Waals surface area contributed by atoms with Crippen molar-refractivity contribution in [2.24, 2.45) is 5.92 Å². The van der Waals surface area contributed by atoms with Crippen molar-refractivity contribution in [3.8, 4) is 5.88 Å². The number of hydrogen-bond donors (Lipinski definition) is 1. The summed E-state index contributed by atoms with van der Waals surface area (Å²) in [4.78, 5) is 10.8. The minimum Gasteiger partial charge on any atom is -0.473 e. The lowest BCUT2D eigenvalue weighted by Crippen LogP contribution is -2.48. The fourth-order valence-corrected chi connectivity index (χ4v) is 6.47. The van der Waals surface area contributed by atoms with Gasteiger partial charge in [0.15, 0.2) is 5.03 Å². The van der Waals surface area contributed by atoms with Crippen molar-refractivity contribution < 1.29 is 13.2 Å². The molecule has 0 radical (unpaired) electrons. The van der Waals surface area contributed by atoms with Crippen LogP contribution in [-0.2, 0) is 16.6 Å². The molecule has 1 aliphatic heterocycles. The predicted octanol–water partition coefficient (Wildman–Crippen LogP) is 5.31. The number of pyridine rings is 2. The Morgan fingerprint density at radius 1 is 1.05 bits per heavy atom. The van der Waals surface area contributed by atoms with Gasteiger partial charge in [-0.3, -0.25) is 9.88 Å². The third-order valence-corrected chi connectivity index (χ3v) is 8.25. The van der Waals surface area contributed by atoms with Gasteiger partial charge < -0.3 is 4.74 Å². The molecule has 1 N–H and O–H groups in total. The van der Waals surface area contributed by atoms with Crippen LogP contribution in [0.5, 0.6) is 5.88 Å². The summed E-state index contributed by atoms with van der Waals surface area (Å²) in [6.45, 7) is 7.54. The molecule has 4 aromatic rings. The molecule has 1 aliphatic rings. The predicted molar refractivity (Wildman–Crippen MR) is 144 cm³/mol. The van der Waals surface area contributed by atoms with E-state index in [0.717, 1.165) is 34.9 Å². The van der Waals surface area contributed by atoms with Gasteiger partial charge in [0, 0.05) is 36.1 Å². The highest BCUT2D eigenvalue weighted by molar-refractivity contribution is 7.89. The smallest absolute Gasteiger partial charge is 0.259 e. The molecule has 2 atom stereocenters. The average Bonchev–Trinajstić information content (AvgIpc) is 3.18. The fourth-order valence-electron chi connectivity index (χ4n) is 5.33. The van der Waals surface area contributed by atoms with Crippen LogP contribution in [0.4, 0.5) is 0 Å². The molecule has 2 aromatic carbocycles. The Morgan fingerprint density at radius 2 is 1.84 bits per heavy atom. The highest BCUT2D eigenvalue weighted by atomic mass is 32.2. The van der Waals surface area contributed by atoms with Crippen LogP contribution >= 0.6 is 0 Å². The molecular weight excluding hydrogens is 484 g/mol. The second kappa shape index (κ2) is 10.2. The molecular formula is C29H32N4O3S. The lowest BCUT2D eigenvalue weighted by molar-refractivity contribution is 0.107. The van der Waals surface area contributed by atoms with Crippen LogP contribution < -0.4 is 9.46 Å². The van der Waals surface area contributed by atoms with E-state index < -0.39 is 16.2 Å². The van der Waals surface area contributed by atoms with E-state index in [1.807, 2.05) is 42.5 Å². The van der Waals surface area contributed by atoms with Crippen molar-refractivity contribution in [2.45, 2.75) is 50.5 Å². The zero-order valence-corrected chi connectivity index (χ0v) is 22.2. The summed E-state index contributed by atoms with van der Waals surface area (Å²) in [7, 11) is -3.96. The number of nitrogens with zero attached hydrogens (tertiary/aromatic N) is 3. The Hall–Kier alpha value is -3.33. The van der Waals surface area contributed by atoms with Crippen molar-refractivity contribution >= 4 is 20.8 Å². The number of benzene rings is 2. The lowest BCUT2D eigenvalue weighted by atomic mass is 9.97. The number of hydrogen-bond acceptors (Lipinski definition) is 6. The summed E-state index contributed by atoms with van der Waals surface area (Å²) >= 11 is 0.